The lowest BCUT2D eigenvalue weighted by atomic mass is 10.2. The summed E-state index contributed by atoms with van der Waals surface area (Å²) in [6, 6.07) is 10.5. The molecule has 1 heterocycles. The van der Waals surface area contributed by atoms with Crippen LogP contribution in [0.25, 0.3) is 0 Å². The van der Waals surface area contributed by atoms with E-state index in [1.807, 2.05) is 13.0 Å². The van der Waals surface area contributed by atoms with E-state index in [4.69, 9.17) is 9.47 Å². The van der Waals surface area contributed by atoms with Gasteiger partial charge in [0.15, 0.2) is 6.10 Å². The summed E-state index contributed by atoms with van der Waals surface area (Å²) in [4.78, 5) is 24.4. The maximum atomic E-state index is 12.1. The number of anilines is 1. The summed E-state index contributed by atoms with van der Waals surface area (Å²) < 4.78 is 10.6. The number of esters is 1. The third kappa shape index (κ3) is 4.08. The molecule has 2 rings (SSSR count). The van der Waals surface area contributed by atoms with E-state index >= 15 is 0 Å². The number of carbonyl (C=O) groups is 2. The van der Waals surface area contributed by atoms with Gasteiger partial charge in [-0.1, -0.05) is 18.2 Å². The summed E-state index contributed by atoms with van der Waals surface area (Å²) in [7, 11) is 0. The fourth-order valence-corrected chi connectivity index (χ4v) is 2.36. The molecule has 0 spiro atoms. The highest BCUT2D eigenvalue weighted by atomic mass is 32.1. The molecule has 0 aliphatic rings. The molecule has 0 fully saturated rings. The van der Waals surface area contributed by atoms with Crippen molar-refractivity contribution in [3.05, 3.63) is 46.7 Å². The normalized spacial score (nSPS) is 11.5. The third-order valence-corrected chi connectivity index (χ3v) is 3.67. The number of benzene rings is 1. The number of hydrogen-bond donors (Lipinski definition) is 1. The van der Waals surface area contributed by atoms with Gasteiger partial charge >= 0.3 is 5.97 Å². The predicted octanol–water partition coefficient (Wildman–Crippen LogP) is 3.33. The Kier molecular flexibility index (Phi) is 5.55. The number of thiophene rings is 1. The van der Waals surface area contributed by atoms with Crippen LogP contribution in [-0.4, -0.2) is 24.6 Å². The Morgan fingerprint density at radius 1 is 1.23 bits per heavy atom. The number of carbonyl (C=O) groups excluding carboxylic acids is 2. The molecule has 0 radical (unpaired) electrons. The molecule has 0 aliphatic heterocycles. The Labute approximate surface area is 132 Å². The largest absolute Gasteiger partial charge is 0.492 e. The number of rotatable bonds is 6. The van der Waals surface area contributed by atoms with E-state index in [1.54, 1.807) is 35.7 Å². The molecule has 22 heavy (non-hydrogen) atoms. The predicted molar refractivity (Wildman–Crippen MR) is 85.4 cm³/mol. The maximum Gasteiger partial charge on any atom is 0.349 e. The van der Waals surface area contributed by atoms with Gasteiger partial charge in [-0.15, -0.1) is 11.3 Å². The first-order valence-corrected chi connectivity index (χ1v) is 7.77. The molecular weight excluding hydrogens is 302 g/mol. The average molecular weight is 319 g/mol. The molecule has 0 saturated heterocycles. The van der Waals surface area contributed by atoms with Crippen molar-refractivity contribution >= 4 is 28.9 Å². The fraction of sp³-hybridized carbons (Fsp3) is 0.250. The summed E-state index contributed by atoms with van der Waals surface area (Å²) >= 11 is 1.27. The average Bonchev–Trinajstić information content (AvgIpc) is 3.03. The topological polar surface area (TPSA) is 64.6 Å². The van der Waals surface area contributed by atoms with Gasteiger partial charge in [-0.05, 0) is 37.4 Å². The summed E-state index contributed by atoms with van der Waals surface area (Å²) in [6.45, 7) is 3.89. The molecule has 1 amide bonds. The van der Waals surface area contributed by atoms with Gasteiger partial charge in [-0.2, -0.15) is 0 Å². The van der Waals surface area contributed by atoms with E-state index < -0.39 is 18.0 Å². The highest BCUT2D eigenvalue weighted by Gasteiger charge is 2.20. The van der Waals surface area contributed by atoms with Gasteiger partial charge in [0.25, 0.3) is 5.91 Å². The van der Waals surface area contributed by atoms with Crippen molar-refractivity contribution in [1.82, 2.24) is 0 Å². The van der Waals surface area contributed by atoms with Crippen LogP contribution in [-0.2, 0) is 9.53 Å². The van der Waals surface area contributed by atoms with Gasteiger partial charge < -0.3 is 14.8 Å². The lowest BCUT2D eigenvalue weighted by Gasteiger charge is -2.15. The van der Waals surface area contributed by atoms with Crippen molar-refractivity contribution in [3.8, 4) is 5.75 Å². The van der Waals surface area contributed by atoms with Crippen molar-refractivity contribution in [2.24, 2.45) is 0 Å². The van der Waals surface area contributed by atoms with Crippen LogP contribution in [0, 0.1) is 0 Å². The van der Waals surface area contributed by atoms with Crippen molar-refractivity contribution in [2.45, 2.75) is 20.0 Å². The Bertz CT molecular complexity index is 639. The van der Waals surface area contributed by atoms with E-state index in [1.165, 1.54) is 18.3 Å². The molecule has 1 N–H and O–H groups in total. The fourth-order valence-electron chi connectivity index (χ4n) is 1.75. The first-order valence-electron chi connectivity index (χ1n) is 6.89. The molecule has 0 aliphatic carbocycles. The number of ether oxygens (including phenoxy) is 2. The van der Waals surface area contributed by atoms with Crippen LogP contribution in [0.15, 0.2) is 41.8 Å². The van der Waals surface area contributed by atoms with Crippen LogP contribution in [0.1, 0.15) is 23.5 Å². The second-order valence-electron chi connectivity index (χ2n) is 4.44. The first kappa shape index (κ1) is 16.0. The quantitative estimate of drug-likeness (QED) is 0.830. The minimum atomic E-state index is -0.899. The highest BCUT2D eigenvalue weighted by molar-refractivity contribution is 7.11. The van der Waals surface area contributed by atoms with Gasteiger partial charge in [0.2, 0.25) is 0 Å². The van der Waals surface area contributed by atoms with Crippen molar-refractivity contribution in [2.75, 3.05) is 11.9 Å². The standard InChI is InChI=1S/C16H17NO4S/c1-3-20-13-8-5-4-7-12(13)17-15(18)11(2)21-16(19)14-9-6-10-22-14/h4-11H,3H2,1-2H3,(H,17,18)/t11-/m0/s1. The Morgan fingerprint density at radius 2 is 2.00 bits per heavy atom. The van der Waals surface area contributed by atoms with E-state index in [2.05, 4.69) is 5.32 Å². The molecule has 1 aromatic heterocycles. The lowest BCUT2D eigenvalue weighted by Crippen LogP contribution is -2.30. The summed E-state index contributed by atoms with van der Waals surface area (Å²) in [5, 5.41) is 4.49. The number of amides is 1. The van der Waals surface area contributed by atoms with E-state index in [-0.39, 0.29) is 0 Å². The van der Waals surface area contributed by atoms with Gasteiger partial charge in [-0.25, -0.2) is 4.79 Å². The minimum absolute atomic E-state index is 0.406. The van der Waals surface area contributed by atoms with Gasteiger partial charge in [0.05, 0.1) is 12.3 Å². The zero-order valence-electron chi connectivity index (χ0n) is 12.4. The SMILES string of the molecule is CCOc1ccccc1NC(=O)[C@H](C)OC(=O)c1cccs1. The van der Waals surface area contributed by atoms with Crippen LogP contribution in [0.3, 0.4) is 0 Å². The summed E-state index contributed by atoms with van der Waals surface area (Å²) in [5.41, 5.74) is 0.549. The molecule has 0 unspecified atom stereocenters. The molecule has 1 atom stereocenters. The number of hydrogen-bond acceptors (Lipinski definition) is 5. The first-order chi connectivity index (χ1) is 10.6. The van der Waals surface area contributed by atoms with E-state index in [0.717, 1.165) is 0 Å². The Balaban J connectivity index is 1.98. The second-order valence-corrected chi connectivity index (χ2v) is 5.39. The zero-order chi connectivity index (χ0) is 15.9. The Hall–Kier alpha value is -2.34. The number of nitrogens with one attached hydrogen (secondary N) is 1. The zero-order valence-corrected chi connectivity index (χ0v) is 13.2. The van der Waals surface area contributed by atoms with Gasteiger partial charge in [0.1, 0.15) is 10.6 Å². The smallest absolute Gasteiger partial charge is 0.349 e. The molecule has 2 aromatic rings. The van der Waals surface area contributed by atoms with E-state index in [0.29, 0.717) is 22.9 Å². The van der Waals surface area contributed by atoms with Gasteiger partial charge in [-0.3, -0.25) is 4.79 Å². The monoisotopic (exact) mass is 319 g/mol. The molecule has 1 aromatic carbocycles. The van der Waals surface area contributed by atoms with Crippen molar-refractivity contribution in [3.63, 3.8) is 0 Å². The molecule has 116 valence electrons. The Morgan fingerprint density at radius 3 is 2.68 bits per heavy atom. The maximum absolute atomic E-state index is 12.1. The van der Waals surface area contributed by atoms with Crippen molar-refractivity contribution in [1.29, 1.82) is 0 Å². The van der Waals surface area contributed by atoms with Crippen LogP contribution in [0.2, 0.25) is 0 Å². The van der Waals surface area contributed by atoms with Crippen LogP contribution in [0.5, 0.6) is 5.75 Å². The van der Waals surface area contributed by atoms with Crippen molar-refractivity contribution < 1.29 is 19.1 Å². The molecule has 0 saturated carbocycles. The summed E-state index contributed by atoms with van der Waals surface area (Å²) in [5.74, 6) is -0.331. The lowest BCUT2D eigenvalue weighted by molar-refractivity contribution is -0.123. The molecule has 6 heteroatoms. The molecule has 5 nitrogen and oxygen atoms in total. The highest BCUT2D eigenvalue weighted by Crippen LogP contribution is 2.24. The van der Waals surface area contributed by atoms with Crippen LogP contribution >= 0.6 is 11.3 Å². The van der Waals surface area contributed by atoms with Gasteiger partial charge in [0, 0.05) is 0 Å². The third-order valence-electron chi connectivity index (χ3n) is 2.82. The summed E-state index contributed by atoms with van der Waals surface area (Å²) in [6.07, 6.45) is -0.899. The molecule has 0 bridgehead atoms. The second kappa shape index (κ2) is 7.61. The minimum Gasteiger partial charge on any atom is -0.492 e. The van der Waals surface area contributed by atoms with E-state index in [9.17, 15) is 9.59 Å². The van der Waals surface area contributed by atoms with Crippen LogP contribution < -0.4 is 10.1 Å². The number of para-hydroxylation sites is 2. The van der Waals surface area contributed by atoms with Crippen LogP contribution in [0.4, 0.5) is 5.69 Å². The molecular formula is C16H17NO4S.